The van der Waals surface area contributed by atoms with Crippen molar-refractivity contribution in [3.05, 3.63) is 53.2 Å². The smallest absolute Gasteiger partial charge is 0.163 e. The molecular weight excluding hydrogens is 260 g/mol. The minimum absolute atomic E-state index is 0.165. The molecule has 1 atom stereocenters. The fourth-order valence-electron chi connectivity index (χ4n) is 2.22. The molecule has 0 fully saturated rings. The van der Waals surface area contributed by atoms with Crippen molar-refractivity contribution >= 4 is 5.82 Å². The van der Waals surface area contributed by atoms with Crippen molar-refractivity contribution < 1.29 is 0 Å². The molecule has 4 heteroatoms. The molecule has 1 unspecified atom stereocenters. The van der Waals surface area contributed by atoms with Crippen molar-refractivity contribution in [1.29, 1.82) is 5.26 Å². The predicted octanol–water partition coefficient (Wildman–Crippen LogP) is 3.72. The Bertz CT molecular complexity index is 609. The summed E-state index contributed by atoms with van der Waals surface area (Å²) in [5.74, 6) is 1.10. The number of anilines is 1. The van der Waals surface area contributed by atoms with E-state index in [1.165, 1.54) is 11.1 Å². The van der Waals surface area contributed by atoms with E-state index in [0.29, 0.717) is 17.4 Å². The van der Waals surface area contributed by atoms with Crippen LogP contribution < -0.4 is 5.32 Å². The molecule has 0 saturated heterocycles. The number of aromatic nitrogens is 2. The molecule has 1 aromatic heterocycles. The number of nitrogens with zero attached hydrogens (tertiary/aromatic N) is 3. The maximum atomic E-state index is 8.75. The van der Waals surface area contributed by atoms with Gasteiger partial charge in [-0.15, -0.1) is 10.2 Å². The lowest BCUT2D eigenvalue weighted by molar-refractivity contribution is 0.544. The standard InChI is InChI=1S/C17H20N4/c1-4-13-5-7-14(8-6-13)17(12(2)3)19-16-10-9-15(11-18)20-21-16/h5-10,12,17H,4H2,1-3H3,(H,19,21). The Morgan fingerprint density at radius 3 is 2.29 bits per heavy atom. The van der Waals surface area contributed by atoms with Crippen LogP contribution in [0.4, 0.5) is 5.82 Å². The number of rotatable bonds is 5. The minimum Gasteiger partial charge on any atom is -0.362 e. The van der Waals surface area contributed by atoms with Gasteiger partial charge in [-0.2, -0.15) is 5.26 Å². The first-order valence-corrected chi connectivity index (χ1v) is 7.23. The minimum atomic E-state index is 0.165. The second kappa shape index (κ2) is 6.85. The topological polar surface area (TPSA) is 61.6 Å². The van der Waals surface area contributed by atoms with Crippen LogP contribution in [0.1, 0.15) is 43.6 Å². The molecular formula is C17H20N4. The van der Waals surface area contributed by atoms with Crippen LogP contribution in [0.5, 0.6) is 0 Å². The lowest BCUT2D eigenvalue weighted by Gasteiger charge is -2.23. The summed E-state index contributed by atoms with van der Waals surface area (Å²) in [6, 6.07) is 14.3. The van der Waals surface area contributed by atoms with E-state index in [-0.39, 0.29) is 6.04 Å². The molecule has 21 heavy (non-hydrogen) atoms. The van der Waals surface area contributed by atoms with Crippen LogP contribution in [-0.4, -0.2) is 10.2 Å². The molecule has 2 aromatic rings. The van der Waals surface area contributed by atoms with Crippen molar-refractivity contribution in [1.82, 2.24) is 10.2 Å². The summed E-state index contributed by atoms with van der Waals surface area (Å²) >= 11 is 0. The van der Waals surface area contributed by atoms with E-state index in [4.69, 9.17) is 5.26 Å². The zero-order chi connectivity index (χ0) is 15.2. The number of nitriles is 1. The van der Waals surface area contributed by atoms with Crippen LogP contribution in [0.2, 0.25) is 0 Å². The van der Waals surface area contributed by atoms with Gasteiger partial charge in [0.25, 0.3) is 0 Å². The first-order chi connectivity index (χ1) is 10.1. The molecule has 4 nitrogen and oxygen atoms in total. The summed E-state index contributed by atoms with van der Waals surface area (Å²) < 4.78 is 0. The molecule has 0 radical (unpaired) electrons. The molecule has 0 aliphatic carbocycles. The molecule has 1 aromatic carbocycles. The molecule has 0 amide bonds. The Morgan fingerprint density at radius 1 is 1.10 bits per heavy atom. The van der Waals surface area contributed by atoms with Crippen LogP contribution in [-0.2, 0) is 6.42 Å². The van der Waals surface area contributed by atoms with Crippen LogP contribution in [0, 0.1) is 17.2 Å². The molecule has 0 aliphatic heterocycles. The zero-order valence-corrected chi connectivity index (χ0v) is 12.7. The van der Waals surface area contributed by atoms with Gasteiger partial charge in [-0.3, -0.25) is 0 Å². The van der Waals surface area contributed by atoms with E-state index in [9.17, 15) is 0 Å². The largest absolute Gasteiger partial charge is 0.362 e. The van der Waals surface area contributed by atoms with Gasteiger partial charge >= 0.3 is 0 Å². The maximum absolute atomic E-state index is 8.75. The van der Waals surface area contributed by atoms with Gasteiger partial charge in [0.05, 0.1) is 6.04 Å². The lowest BCUT2D eigenvalue weighted by Crippen LogP contribution is -2.17. The second-order valence-corrected chi connectivity index (χ2v) is 5.38. The van der Waals surface area contributed by atoms with Crippen LogP contribution in [0.3, 0.4) is 0 Å². The van der Waals surface area contributed by atoms with Crippen molar-refractivity contribution in [2.24, 2.45) is 5.92 Å². The summed E-state index contributed by atoms with van der Waals surface area (Å²) in [6.45, 7) is 6.49. The van der Waals surface area contributed by atoms with Crippen molar-refractivity contribution in [3.63, 3.8) is 0 Å². The third kappa shape index (κ3) is 3.79. The average Bonchev–Trinajstić information content (AvgIpc) is 2.53. The summed E-state index contributed by atoms with van der Waals surface area (Å²) in [4.78, 5) is 0. The Balaban J connectivity index is 2.19. The molecule has 0 saturated carbocycles. The van der Waals surface area contributed by atoms with Gasteiger partial charge in [-0.1, -0.05) is 45.0 Å². The van der Waals surface area contributed by atoms with Gasteiger partial charge in [-0.25, -0.2) is 0 Å². The highest BCUT2D eigenvalue weighted by Crippen LogP contribution is 2.26. The normalized spacial score (nSPS) is 12.0. The van der Waals surface area contributed by atoms with Gasteiger partial charge < -0.3 is 5.32 Å². The highest BCUT2D eigenvalue weighted by molar-refractivity contribution is 5.39. The number of hydrogen-bond acceptors (Lipinski definition) is 4. The van der Waals surface area contributed by atoms with Gasteiger partial charge in [-0.05, 0) is 35.6 Å². The molecule has 0 spiro atoms. The summed E-state index contributed by atoms with van der Waals surface area (Å²) in [5, 5.41) is 20.1. The predicted molar refractivity (Wildman–Crippen MR) is 83.8 cm³/mol. The van der Waals surface area contributed by atoms with Crippen LogP contribution in [0.25, 0.3) is 0 Å². The molecule has 0 aliphatic rings. The summed E-state index contributed by atoms with van der Waals surface area (Å²) in [6.07, 6.45) is 1.04. The summed E-state index contributed by atoms with van der Waals surface area (Å²) in [5.41, 5.74) is 2.89. The highest BCUT2D eigenvalue weighted by Gasteiger charge is 2.16. The van der Waals surface area contributed by atoms with Crippen molar-refractivity contribution in [3.8, 4) is 6.07 Å². The Morgan fingerprint density at radius 2 is 1.81 bits per heavy atom. The summed E-state index contributed by atoms with van der Waals surface area (Å²) in [7, 11) is 0. The van der Waals surface area contributed by atoms with E-state index in [2.05, 4.69) is 60.6 Å². The Kier molecular flexibility index (Phi) is 4.89. The van der Waals surface area contributed by atoms with Gasteiger partial charge in [0.1, 0.15) is 11.9 Å². The molecule has 1 heterocycles. The fourth-order valence-corrected chi connectivity index (χ4v) is 2.22. The van der Waals surface area contributed by atoms with E-state index in [1.54, 1.807) is 12.1 Å². The first kappa shape index (κ1) is 15.0. The van der Waals surface area contributed by atoms with Crippen molar-refractivity contribution in [2.75, 3.05) is 5.32 Å². The molecule has 108 valence electrons. The molecule has 2 rings (SSSR count). The average molecular weight is 280 g/mol. The number of aryl methyl sites for hydroxylation is 1. The third-order valence-electron chi connectivity index (χ3n) is 3.50. The second-order valence-electron chi connectivity index (χ2n) is 5.38. The number of benzene rings is 1. The Labute approximate surface area is 125 Å². The quantitative estimate of drug-likeness (QED) is 0.906. The lowest BCUT2D eigenvalue weighted by atomic mass is 9.95. The van der Waals surface area contributed by atoms with E-state index in [0.717, 1.165) is 6.42 Å². The van der Waals surface area contributed by atoms with E-state index < -0.39 is 0 Å². The number of nitrogens with one attached hydrogen (secondary N) is 1. The van der Waals surface area contributed by atoms with E-state index >= 15 is 0 Å². The van der Waals surface area contributed by atoms with E-state index in [1.807, 2.05) is 6.07 Å². The zero-order valence-electron chi connectivity index (χ0n) is 12.7. The molecule has 1 N–H and O–H groups in total. The monoisotopic (exact) mass is 280 g/mol. The van der Waals surface area contributed by atoms with Crippen LogP contribution in [0.15, 0.2) is 36.4 Å². The number of hydrogen-bond donors (Lipinski definition) is 1. The maximum Gasteiger partial charge on any atom is 0.163 e. The highest BCUT2D eigenvalue weighted by atomic mass is 15.2. The van der Waals surface area contributed by atoms with Crippen LogP contribution >= 0.6 is 0 Å². The fraction of sp³-hybridized carbons (Fsp3) is 0.353. The van der Waals surface area contributed by atoms with Gasteiger partial charge in [0.15, 0.2) is 5.69 Å². The van der Waals surface area contributed by atoms with Gasteiger partial charge in [0, 0.05) is 0 Å². The Hall–Kier alpha value is -2.41. The third-order valence-corrected chi connectivity index (χ3v) is 3.50. The van der Waals surface area contributed by atoms with Crippen molar-refractivity contribution in [2.45, 2.75) is 33.2 Å². The van der Waals surface area contributed by atoms with Gasteiger partial charge in [0.2, 0.25) is 0 Å². The SMILES string of the molecule is CCc1ccc(C(Nc2ccc(C#N)nn2)C(C)C)cc1. The molecule has 0 bridgehead atoms. The first-order valence-electron chi connectivity index (χ1n) is 7.23.